The van der Waals surface area contributed by atoms with Crippen molar-refractivity contribution in [2.45, 2.75) is 0 Å². The summed E-state index contributed by atoms with van der Waals surface area (Å²) in [6.45, 7) is 0. The fourth-order valence-corrected chi connectivity index (χ4v) is 2.98. The molecule has 0 spiro atoms. The van der Waals surface area contributed by atoms with Crippen LogP contribution in [0, 0.1) is 0 Å². The summed E-state index contributed by atoms with van der Waals surface area (Å²) in [4.78, 5) is 10.7. The van der Waals surface area contributed by atoms with Crippen LogP contribution in [0.25, 0.3) is 22.2 Å². The molecule has 0 bridgehead atoms. The van der Waals surface area contributed by atoms with Crippen LogP contribution in [0.5, 0.6) is 0 Å². The number of hydrogen-bond donors (Lipinski definition) is 0. The largest absolute Gasteiger partial charge is 0.298 e. The highest BCUT2D eigenvalue weighted by molar-refractivity contribution is 7.17. The topological polar surface area (TPSA) is 17.1 Å². The number of hydrogen-bond acceptors (Lipinski definition) is 2. The lowest BCUT2D eigenvalue weighted by molar-refractivity contribution is 0.112. The first-order valence-electron chi connectivity index (χ1n) is 6.06. The summed E-state index contributed by atoms with van der Waals surface area (Å²) in [6.07, 6.45) is 5.02. The maximum Gasteiger partial charge on any atom is 0.150 e. The molecular weight excluding hydrogens is 252 g/mol. The summed E-state index contributed by atoms with van der Waals surface area (Å²) in [5.41, 5.74) is 2.97. The second kappa shape index (κ2) is 5.21. The highest BCUT2D eigenvalue weighted by Gasteiger charge is 1.99. The quantitative estimate of drug-likeness (QED) is 0.616. The maximum absolute atomic E-state index is 10.7. The summed E-state index contributed by atoms with van der Waals surface area (Å²) in [7, 11) is 0. The molecule has 0 atom stereocenters. The van der Waals surface area contributed by atoms with E-state index in [1.165, 1.54) is 15.6 Å². The van der Waals surface area contributed by atoms with Gasteiger partial charge >= 0.3 is 0 Å². The summed E-state index contributed by atoms with van der Waals surface area (Å²) in [5.74, 6) is 0. The maximum atomic E-state index is 10.7. The van der Waals surface area contributed by atoms with E-state index in [0.29, 0.717) is 5.56 Å². The zero-order valence-electron chi connectivity index (χ0n) is 10.2. The third kappa shape index (κ3) is 2.49. The first-order valence-corrected chi connectivity index (χ1v) is 6.94. The molecule has 0 N–H and O–H groups in total. The van der Waals surface area contributed by atoms with Gasteiger partial charge in [-0.05, 0) is 34.0 Å². The molecule has 19 heavy (non-hydrogen) atoms. The molecule has 3 aromatic rings. The van der Waals surface area contributed by atoms with Gasteiger partial charge in [0.05, 0.1) is 0 Å². The van der Waals surface area contributed by atoms with Crippen LogP contribution >= 0.6 is 11.3 Å². The lowest BCUT2D eigenvalue weighted by atomic mass is 10.1. The Kier molecular flexibility index (Phi) is 3.25. The Hall–Kier alpha value is -2.19. The minimum atomic E-state index is 0.706. The molecule has 2 heteroatoms. The third-order valence-electron chi connectivity index (χ3n) is 3.01. The van der Waals surface area contributed by atoms with Crippen LogP contribution in [0.2, 0.25) is 0 Å². The van der Waals surface area contributed by atoms with E-state index in [4.69, 9.17) is 0 Å². The number of thiophene rings is 1. The molecule has 3 rings (SSSR count). The van der Waals surface area contributed by atoms with Crippen LogP contribution in [0.1, 0.15) is 21.5 Å². The van der Waals surface area contributed by atoms with Gasteiger partial charge in [-0.25, -0.2) is 0 Å². The monoisotopic (exact) mass is 264 g/mol. The summed E-state index contributed by atoms with van der Waals surface area (Å²) < 4.78 is 1.30. The second-order valence-electron chi connectivity index (χ2n) is 4.31. The third-order valence-corrected chi connectivity index (χ3v) is 3.99. The lowest BCUT2D eigenvalue weighted by Crippen LogP contribution is -1.79. The number of rotatable bonds is 3. The number of carbonyl (C=O) groups excluding carboxylic acids is 1. The molecule has 1 nitrogen and oxygen atoms in total. The van der Waals surface area contributed by atoms with Crippen molar-refractivity contribution in [3.8, 4) is 0 Å². The predicted molar refractivity (Wildman–Crippen MR) is 82.6 cm³/mol. The fourth-order valence-electron chi connectivity index (χ4n) is 2.05. The Labute approximate surface area is 115 Å². The van der Waals surface area contributed by atoms with E-state index in [0.717, 1.165) is 11.8 Å². The molecule has 0 fully saturated rings. The SMILES string of the molecule is O=Cc1cccc(/C=C/c2csc3ccccc23)c1. The molecule has 0 aliphatic rings. The van der Waals surface area contributed by atoms with Gasteiger partial charge in [0.15, 0.2) is 0 Å². The number of fused-ring (bicyclic) bond motifs is 1. The van der Waals surface area contributed by atoms with Gasteiger partial charge in [0, 0.05) is 10.3 Å². The zero-order chi connectivity index (χ0) is 13.1. The van der Waals surface area contributed by atoms with Crippen LogP contribution in [0.15, 0.2) is 53.9 Å². The molecule has 0 saturated heterocycles. The molecule has 2 aromatic carbocycles. The van der Waals surface area contributed by atoms with Crippen molar-refractivity contribution in [2.75, 3.05) is 0 Å². The van der Waals surface area contributed by atoms with E-state index in [9.17, 15) is 4.79 Å². The first kappa shape index (κ1) is 11.9. The molecule has 1 aromatic heterocycles. The summed E-state index contributed by atoms with van der Waals surface area (Å²) in [5, 5.41) is 3.43. The van der Waals surface area contributed by atoms with Crippen LogP contribution in [-0.4, -0.2) is 6.29 Å². The van der Waals surface area contributed by atoms with Crippen molar-refractivity contribution in [1.82, 2.24) is 0 Å². The van der Waals surface area contributed by atoms with Crippen molar-refractivity contribution in [1.29, 1.82) is 0 Å². The molecule has 1 heterocycles. The number of carbonyl (C=O) groups is 1. The number of aldehydes is 1. The Balaban J connectivity index is 1.95. The molecule has 92 valence electrons. The minimum absolute atomic E-state index is 0.706. The second-order valence-corrected chi connectivity index (χ2v) is 5.22. The predicted octanol–water partition coefficient (Wildman–Crippen LogP) is 4.88. The van der Waals surface area contributed by atoms with E-state index in [2.05, 4.69) is 35.7 Å². The molecular formula is C17H12OS. The van der Waals surface area contributed by atoms with Gasteiger partial charge in [0.1, 0.15) is 6.29 Å². The van der Waals surface area contributed by atoms with Crippen LogP contribution < -0.4 is 0 Å². The smallest absolute Gasteiger partial charge is 0.150 e. The van der Waals surface area contributed by atoms with Crippen molar-refractivity contribution >= 4 is 39.9 Å². The molecule has 0 saturated carbocycles. The molecule has 0 unspecified atom stereocenters. The van der Waals surface area contributed by atoms with Gasteiger partial charge < -0.3 is 0 Å². The van der Waals surface area contributed by atoms with Crippen molar-refractivity contribution in [3.63, 3.8) is 0 Å². The van der Waals surface area contributed by atoms with E-state index >= 15 is 0 Å². The van der Waals surface area contributed by atoms with Gasteiger partial charge in [0.25, 0.3) is 0 Å². The first-order chi connectivity index (χ1) is 9.36. The average molecular weight is 264 g/mol. The average Bonchev–Trinajstić information content (AvgIpc) is 2.89. The van der Waals surface area contributed by atoms with Crippen LogP contribution in [-0.2, 0) is 0 Å². The van der Waals surface area contributed by atoms with E-state index in [1.807, 2.05) is 30.3 Å². The Morgan fingerprint density at radius 2 is 1.74 bits per heavy atom. The van der Waals surface area contributed by atoms with Crippen LogP contribution in [0.4, 0.5) is 0 Å². The van der Waals surface area contributed by atoms with Gasteiger partial charge in [-0.2, -0.15) is 0 Å². The highest BCUT2D eigenvalue weighted by atomic mass is 32.1. The van der Waals surface area contributed by atoms with Crippen molar-refractivity contribution in [2.24, 2.45) is 0 Å². The Morgan fingerprint density at radius 1 is 0.895 bits per heavy atom. The molecule has 0 aliphatic carbocycles. The van der Waals surface area contributed by atoms with Crippen LogP contribution in [0.3, 0.4) is 0 Å². The summed E-state index contributed by atoms with van der Waals surface area (Å²) >= 11 is 1.75. The van der Waals surface area contributed by atoms with Gasteiger partial charge in [-0.1, -0.05) is 48.6 Å². The van der Waals surface area contributed by atoms with Crippen molar-refractivity contribution < 1.29 is 4.79 Å². The van der Waals surface area contributed by atoms with E-state index in [-0.39, 0.29) is 0 Å². The number of benzene rings is 2. The molecule has 0 radical (unpaired) electrons. The zero-order valence-corrected chi connectivity index (χ0v) is 11.1. The Bertz CT molecular complexity index is 753. The minimum Gasteiger partial charge on any atom is -0.298 e. The summed E-state index contributed by atoms with van der Waals surface area (Å²) in [6, 6.07) is 16.0. The van der Waals surface area contributed by atoms with Gasteiger partial charge in [-0.3, -0.25) is 4.79 Å². The van der Waals surface area contributed by atoms with E-state index in [1.54, 1.807) is 11.3 Å². The molecule has 0 aliphatic heterocycles. The van der Waals surface area contributed by atoms with Crippen molar-refractivity contribution in [3.05, 3.63) is 70.6 Å². The standard InChI is InChI=1S/C17H12OS/c18-11-14-5-3-4-13(10-14)8-9-15-12-19-17-7-2-1-6-16(15)17/h1-12H/b9-8+. The van der Waals surface area contributed by atoms with E-state index < -0.39 is 0 Å². The lowest BCUT2D eigenvalue weighted by Gasteiger charge is -1.95. The molecule has 0 amide bonds. The Morgan fingerprint density at radius 3 is 2.63 bits per heavy atom. The normalized spacial score (nSPS) is 11.2. The highest BCUT2D eigenvalue weighted by Crippen LogP contribution is 2.27. The fraction of sp³-hybridized carbons (Fsp3) is 0. The van der Waals surface area contributed by atoms with Gasteiger partial charge in [-0.15, -0.1) is 11.3 Å². The van der Waals surface area contributed by atoms with Gasteiger partial charge in [0.2, 0.25) is 0 Å².